The fourth-order valence-corrected chi connectivity index (χ4v) is 11.0. The van der Waals surface area contributed by atoms with E-state index in [0.717, 1.165) is 16.6 Å². The normalized spacial score (nSPS) is 17.6. The van der Waals surface area contributed by atoms with E-state index in [1.807, 2.05) is 36.4 Å². The first-order valence-corrected chi connectivity index (χ1v) is 17.9. The highest BCUT2D eigenvalue weighted by Gasteiger charge is 2.51. The second-order valence-electron chi connectivity index (χ2n) is 12.9. The number of alkyl halides is 3. The number of morpholine rings is 1. The number of aromatic nitrogens is 4. The zero-order valence-corrected chi connectivity index (χ0v) is 28.5. The van der Waals surface area contributed by atoms with Crippen LogP contribution in [0.5, 0.6) is 0 Å². The van der Waals surface area contributed by atoms with Crippen LogP contribution >= 0.6 is 0 Å². The summed E-state index contributed by atoms with van der Waals surface area (Å²) in [4.78, 5) is 33.3. The average Bonchev–Trinajstić information content (AvgIpc) is 3.09. The van der Waals surface area contributed by atoms with Crippen LogP contribution in [0.1, 0.15) is 32.9 Å². The van der Waals surface area contributed by atoms with Crippen molar-refractivity contribution in [1.82, 2.24) is 19.9 Å². The number of amides is 1. The van der Waals surface area contributed by atoms with E-state index in [-0.39, 0.29) is 35.7 Å². The third kappa shape index (κ3) is 6.96. The number of nitrogen functional groups attached to an aromatic ring is 1. The van der Waals surface area contributed by atoms with Crippen molar-refractivity contribution >= 4 is 42.5 Å². The first-order chi connectivity index (χ1) is 23.4. The van der Waals surface area contributed by atoms with Crippen LogP contribution in [0.2, 0.25) is 5.04 Å². The van der Waals surface area contributed by atoms with Gasteiger partial charge in [-0.25, -0.2) is 19.7 Å². The summed E-state index contributed by atoms with van der Waals surface area (Å²) < 4.78 is 60.8. The van der Waals surface area contributed by atoms with E-state index in [1.54, 1.807) is 4.90 Å². The van der Waals surface area contributed by atoms with Gasteiger partial charge in [0.1, 0.15) is 5.82 Å². The van der Waals surface area contributed by atoms with Crippen LogP contribution in [-0.4, -0.2) is 79.9 Å². The number of hydrogen-bond donors (Lipinski definition) is 1. The van der Waals surface area contributed by atoms with E-state index in [4.69, 9.17) is 24.6 Å². The average molecular weight is 694 g/mol. The molecule has 2 aromatic carbocycles. The summed E-state index contributed by atoms with van der Waals surface area (Å²) >= 11 is 0. The number of anilines is 3. The highest BCUT2D eigenvalue weighted by Crippen LogP contribution is 2.39. The number of ether oxygens (including phenoxy) is 2. The van der Waals surface area contributed by atoms with Crippen molar-refractivity contribution in [1.29, 1.82) is 0 Å². The van der Waals surface area contributed by atoms with Gasteiger partial charge in [0, 0.05) is 37.3 Å². The summed E-state index contributed by atoms with van der Waals surface area (Å²) in [6.07, 6.45) is -4.16. The molecule has 49 heavy (non-hydrogen) atoms. The Labute approximate surface area is 283 Å². The SMILES string of the molecule is CC(C)(C)[Si](OC[C@@H]1CCOC(=O)N1c1cc(-c2cnc(N)nc2C(F)(F)F)nc(N2CCOCC2)n1)(c1ccccc1)c1ccccc1. The summed E-state index contributed by atoms with van der Waals surface area (Å²) in [6, 6.07) is 21.0. The number of carbonyl (C=O) groups is 1. The number of benzene rings is 2. The Morgan fingerprint density at radius 2 is 1.57 bits per heavy atom. The molecule has 2 aliphatic rings. The molecule has 2 fully saturated rings. The molecule has 0 unspecified atom stereocenters. The molecule has 4 aromatic rings. The first-order valence-electron chi connectivity index (χ1n) is 16.0. The van der Waals surface area contributed by atoms with Crippen LogP contribution in [0.3, 0.4) is 0 Å². The summed E-state index contributed by atoms with van der Waals surface area (Å²) in [7, 11) is -3.01. The highest BCUT2D eigenvalue weighted by molar-refractivity contribution is 6.99. The van der Waals surface area contributed by atoms with E-state index in [1.165, 1.54) is 11.0 Å². The molecule has 11 nitrogen and oxygen atoms in total. The second kappa shape index (κ2) is 13.7. The Kier molecular flexibility index (Phi) is 9.60. The highest BCUT2D eigenvalue weighted by atomic mass is 28.4. The number of carbonyl (C=O) groups excluding carboxylic acids is 1. The minimum atomic E-state index is -4.85. The van der Waals surface area contributed by atoms with Crippen LogP contribution in [0, 0.1) is 0 Å². The largest absolute Gasteiger partial charge is 0.449 e. The van der Waals surface area contributed by atoms with E-state index in [9.17, 15) is 18.0 Å². The molecule has 2 saturated heterocycles. The minimum Gasteiger partial charge on any atom is -0.449 e. The Bertz CT molecular complexity index is 1730. The van der Waals surface area contributed by atoms with Crippen molar-refractivity contribution in [3.8, 4) is 11.3 Å². The quantitative estimate of drug-likeness (QED) is 0.260. The van der Waals surface area contributed by atoms with Crippen LogP contribution < -0.4 is 25.9 Å². The lowest BCUT2D eigenvalue weighted by Gasteiger charge is -2.45. The van der Waals surface area contributed by atoms with E-state index >= 15 is 0 Å². The van der Waals surface area contributed by atoms with Gasteiger partial charge < -0.3 is 24.5 Å². The summed E-state index contributed by atoms with van der Waals surface area (Å²) in [5, 5.41) is 1.81. The number of halogens is 3. The number of rotatable bonds is 8. The van der Waals surface area contributed by atoms with Crippen molar-refractivity contribution in [2.45, 2.75) is 44.4 Å². The fraction of sp³-hybridized carbons (Fsp3) is 0.382. The van der Waals surface area contributed by atoms with Gasteiger partial charge in [0.25, 0.3) is 8.32 Å². The molecule has 6 rings (SSSR count). The molecule has 2 aliphatic heterocycles. The zero-order valence-electron chi connectivity index (χ0n) is 27.5. The lowest BCUT2D eigenvalue weighted by Crippen LogP contribution is -2.67. The molecule has 4 heterocycles. The molecule has 1 amide bonds. The van der Waals surface area contributed by atoms with Crippen LogP contribution in [0.15, 0.2) is 72.9 Å². The summed E-state index contributed by atoms with van der Waals surface area (Å²) in [5.74, 6) is -0.332. The molecule has 0 aliphatic carbocycles. The molecule has 0 spiro atoms. The van der Waals surface area contributed by atoms with Gasteiger partial charge in [0.15, 0.2) is 5.69 Å². The predicted molar refractivity (Wildman–Crippen MR) is 181 cm³/mol. The molecule has 0 bridgehead atoms. The smallest absolute Gasteiger partial charge is 0.434 e. The van der Waals surface area contributed by atoms with Crippen molar-refractivity contribution in [2.24, 2.45) is 0 Å². The maximum atomic E-state index is 14.2. The lowest BCUT2D eigenvalue weighted by molar-refractivity contribution is -0.140. The molecule has 1 atom stereocenters. The Morgan fingerprint density at radius 3 is 2.16 bits per heavy atom. The minimum absolute atomic E-state index is 0.0668. The Balaban J connectivity index is 1.45. The van der Waals surface area contributed by atoms with E-state index in [2.05, 4.69) is 60.0 Å². The number of cyclic esters (lactones) is 1. The maximum absolute atomic E-state index is 14.2. The standard InChI is InChI=1S/C34H38F3N7O4Si/c1-33(2,3)49(24-10-6-4-7-11-24,25-12-8-5-9-13-25)48-22-23-14-17-47-32(45)44(23)28-20-27(40-31(41-28)43-15-18-46-19-16-43)26-21-39-30(38)42-29(26)34(35,36)37/h4-13,20-21,23H,14-19,22H2,1-3H3,(H2,38,39,42)/t23-/m0/s1. The van der Waals surface area contributed by atoms with Crippen LogP contribution in [-0.2, 0) is 20.1 Å². The fourth-order valence-electron chi connectivity index (χ4n) is 6.44. The van der Waals surface area contributed by atoms with Gasteiger partial charge in [-0.1, -0.05) is 81.4 Å². The molecular weight excluding hydrogens is 655 g/mol. The van der Waals surface area contributed by atoms with E-state index in [0.29, 0.717) is 32.7 Å². The van der Waals surface area contributed by atoms with Gasteiger partial charge in [-0.15, -0.1) is 0 Å². The van der Waals surface area contributed by atoms with Gasteiger partial charge in [-0.3, -0.25) is 4.90 Å². The summed E-state index contributed by atoms with van der Waals surface area (Å²) in [5.41, 5.74) is 3.79. The Hall–Kier alpha value is -4.60. The van der Waals surface area contributed by atoms with E-state index < -0.39 is 43.8 Å². The molecule has 2 N–H and O–H groups in total. The molecule has 0 radical (unpaired) electrons. The van der Waals surface area contributed by atoms with Crippen molar-refractivity contribution in [3.05, 3.63) is 78.6 Å². The third-order valence-corrected chi connectivity index (χ3v) is 13.7. The third-order valence-electron chi connectivity index (χ3n) is 8.74. The van der Waals surface area contributed by atoms with Gasteiger partial charge in [-0.2, -0.15) is 18.2 Å². The number of hydrogen-bond acceptors (Lipinski definition) is 10. The predicted octanol–water partition coefficient (Wildman–Crippen LogP) is 4.66. The molecule has 15 heteroatoms. The van der Waals surface area contributed by atoms with Crippen molar-refractivity contribution in [3.63, 3.8) is 0 Å². The lowest BCUT2D eigenvalue weighted by atomic mass is 10.1. The number of nitrogens with zero attached hydrogens (tertiary/aromatic N) is 6. The molecule has 2 aromatic heterocycles. The van der Waals surface area contributed by atoms with Crippen molar-refractivity contribution < 1.29 is 31.9 Å². The van der Waals surface area contributed by atoms with Gasteiger partial charge in [0.2, 0.25) is 11.9 Å². The topological polar surface area (TPSA) is 129 Å². The van der Waals surface area contributed by atoms with Gasteiger partial charge >= 0.3 is 12.3 Å². The Morgan fingerprint density at radius 1 is 0.939 bits per heavy atom. The number of nitrogens with two attached hydrogens (primary N) is 1. The zero-order chi connectivity index (χ0) is 34.8. The van der Waals surface area contributed by atoms with Crippen LogP contribution in [0.4, 0.5) is 35.7 Å². The monoisotopic (exact) mass is 693 g/mol. The summed E-state index contributed by atoms with van der Waals surface area (Å²) in [6.45, 7) is 8.29. The van der Waals surface area contributed by atoms with Gasteiger partial charge in [0.05, 0.1) is 38.2 Å². The molecule has 0 saturated carbocycles. The first kappa shape index (κ1) is 34.3. The molecule has 258 valence electrons. The van der Waals surface area contributed by atoms with Crippen molar-refractivity contribution in [2.75, 3.05) is 55.1 Å². The maximum Gasteiger partial charge on any atom is 0.434 e. The van der Waals surface area contributed by atoms with Crippen LogP contribution in [0.25, 0.3) is 11.3 Å². The second-order valence-corrected chi connectivity index (χ2v) is 17.2. The van der Waals surface area contributed by atoms with Gasteiger partial charge in [-0.05, 0) is 15.4 Å². The molecular formula is C34H38F3N7O4Si.